The zero-order valence-electron chi connectivity index (χ0n) is 19.2. The number of guanidine groups is 1. The number of aromatic nitrogens is 1. The largest absolute Gasteiger partial charge is 0.495 e. The van der Waals surface area contributed by atoms with Gasteiger partial charge in [-0.05, 0) is 48.4 Å². The summed E-state index contributed by atoms with van der Waals surface area (Å²) in [6.45, 7) is 3.03. The van der Waals surface area contributed by atoms with Crippen molar-refractivity contribution in [1.82, 2.24) is 15.6 Å². The third kappa shape index (κ3) is 6.16. The minimum atomic E-state index is 0.323. The molecule has 2 heterocycles. The molecule has 7 nitrogen and oxygen atoms in total. The highest BCUT2D eigenvalue weighted by Gasteiger charge is 2.25. The number of aliphatic imine (C=N–C) groups is 1. The molecule has 0 saturated carbocycles. The Morgan fingerprint density at radius 1 is 1.09 bits per heavy atom. The fourth-order valence-electron chi connectivity index (χ4n) is 3.91. The van der Waals surface area contributed by atoms with Crippen LogP contribution in [-0.2, 0) is 13.2 Å². The van der Waals surface area contributed by atoms with Gasteiger partial charge in [-0.25, -0.2) is 0 Å². The molecule has 1 aromatic heterocycles. The highest BCUT2D eigenvalue weighted by molar-refractivity contribution is 5.80. The van der Waals surface area contributed by atoms with Gasteiger partial charge in [0.2, 0.25) is 0 Å². The van der Waals surface area contributed by atoms with Gasteiger partial charge in [0, 0.05) is 38.9 Å². The summed E-state index contributed by atoms with van der Waals surface area (Å²) in [6.07, 6.45) is 2.82. The first-order chi connectivity index (χ1) is 16.2. The van der Waals surface area contributed by atoms with Crippen molar-refractivity contribution < 1.29 is 9.47 Å². The van der Waals surface area contributed by atoms with E-state index in [4.69, 9.17) is 9.47 Å². The summed E-state index contributed by atoms with van der Waals surface area (Å²) in [4.78, 5) is 11.0. The lowest BCUT2D eigenvalue weighted by Crippen LogP contribution is -2.44. The summed E-state index contributed by atoms with van der Waals surface area (Å²) in [5, 5.41) is 6.96. The van der Waals surface area contributed by atoms with E-state index in [9.17, 15) is 0 Å². The standard InChI is InChI=1S/C26H31N5O2/c1-27-26(30-21-14-16-31(18-21)24-8-3-4-9-25(24)32-2)29-17-20-10-12-23(13-11-20)33-19-22-7-5-6-15-28-22/h3-13,15,21H,14,16-19H2,1-2H3,(H2,27,29,30). The lowest BCUT2D eigenvalue weighted by atomic mass is 10.2. The van der Waals surface area contributed by atoms with Crippen molar-refractivity contribution in [3.63, 3.8) is 0 Å². The van der Waals surface area contributed by atoms with E-state index in [1.807, 2.05) is 48.5 Å². The number of nitrogens with one attached hydrogen (secondary N) is 2. The lowest BCUT2D eigenvalue weighted by Gasteiger charge is -2.22. The molecule has 33 heavy (non-hydrogen) atoms. The molecule has 0 bridgehead atoms. The summed E-state index contributed by atoms with van der Waals surface area (Å²) in [6, 6.07) is 22.4. The Morgan fingerprint density at radius 3 is 2.67 bits per heavy atom. The molecule has 0 amide bonds. The molecule has 0 radical (unpaired) electrons. The van der Waals surface area contributed by atoms with Crippen LogP contribution in [0.4, 0.5) is 5.69 Å². The van der Waals surface area contributed by atoms with Gasteiger partial charge in [-0.2, -0.15) is 0 Å². The van der Waals surface area contributed by atoms with Gasteiger partial charge in [-0.1, -0.05) is 30.3 Å². The van der Waals surface area contributed by atoms with Gasteiger partial charge < -0.3 is 25.0 Å². The van der Waals surface area contributed by atoms with Crippen LogP contribution in [0.3, 0.4) is 0 Å². The highest BCUT2D eigenvalue weighted by atomic mass is 16.5. The van der Waals surface area contributed by atoms with Gasteiger partial charge >= 0.3 is 0 Å². The minimum absolute atomic E-state index is 0.323. The Morgan fingerprint density at radius 2 is 1.91 bits per heavy atom. The number of rotatable bonds is 8. The number of para-hydroxylation sites is 2. The van der Waals surface area contributed by atoms with Crippen LogP contribution < -0.4 is 25.0 Å². The van der Waals surface area contributed by atoms with Gasteiger partial charge in [-0.15, -0.1) is 0 Å². The predicted octanol–water partition coefficient (Wildman–Crippen LogP) is 3.61. The van der Waals surface area contributed by atoms with Crippen molar-refractivity contribution in [2.45, 2.75) is 25.6 Å². The highest BCUT2D eigenvalue weighted by Crippen LogP contribution is 2.30. The maximum atomic E-state index is 5.81. The first-order valence-electron chi connectivity index (χ1n) is 11.2. The zero-order chi connectivity index (χ0) is 22.9. The number of pyridine rings is 1. The Balaban J connectivity index is 1.24. The van der Waals surface area contributed by atoms with E-state index in [1.54, 1.807) is 20.4 Å². The van der Waals surface area contributed by atoms with Crippen LogP contribution in [0.1, 0.15) is 17.7 Å². The Labute approximate surface area is 195 Å². The summed E-state index contributed by atoms with van der Waals surface area (Å²) >= 11 is 0. The Hall–Kier alpha value is -3.74. The number of methoxy groups -OCH3 is 1. The van der Waals surface area contributed by atoms with Crippen LogP contribution >= 0.6 is 0 Å². The molecule has 1 aliphatic heterocycles. The third-order valence-corrected chi connectivity index (χ3v) is 5.67. The van der Waals surface area contributed by atoms with E-state index in [2.05, 4.69) is 43.7 Å². The Bertz CT molecular complexity index is 1040. The molecule has 1 saturated heterocycles. The fourth-order valence-corrected chi connectivity index (χ4v) is 3.91. The van der Waals surface area contributed by atoms with Crippen LogP contribution in [-0.4, -0.2) is 44.2 Å². The van der Waals surface area contributed by atoms with Crippen molar-refractivity contribution >= 4 is 11.6 Å². The van der Waals surface area contributed by atoms with Gasteiger partial charge in [-0.3, -0.25) is 9.98 Å². The SMILES string of the molecule is CN=C(NCc1ccc(OCc2ccccn2)cc1)NC1CCN(c2ccccc2OC)C1. The maximum Gasteiger partial charge on any atom is 0.191 e. The molecule has 7 heteroatoms. The average molecular weight is 446 g/mol. The van der Waals surface area contributed by atoms with Crippen molar-refractivity contribution in [2.24, 2.45) is 4.99 Å². The van der Waals surface area contributed by atoms with Crippen LogP contribution in [0.25, 0.3) is 0 Å². The first-order valence-corrected chi connectivity index (χ1v) is 11.2. The number of ether oxygens (including phenoxy) is 2. The van der Waals surface area contributed by atoms with Crippen LogP contribution in [0.5, 0.6) is 11.5 Å². The van der Waals surface area contributed by atoms with E-state index >= 15 is 0 Å². The second-order valence-corrected chi connectivity index (χ2v) is 7.93. The molecule has 172 valence electrons. The molecule has 2 aromatic carbocycles. The molecule has 2 N–H and O–H groups in total. The third-order valence-electron chi connectivity index (χ3n) is 5.67. The van der Waals surface area contributed by atoms with Crippen LogP contribution in [0.2, 0.25) is 0 Å². The molecular formula is C26H31N5O2. The lowest BCUT2D eigenvalue weighted by molar-refractivity contribution is 0.301. The number of hydrogen-bond donors (Lipinski definition) is 2. The maximum absolute atomic E-state index is 5.81. The molecule has 1 unspecified atom stereocenters. The Kier molecular flexibility index (Phi) is 7.64. The van der Waals surface area contributed by atoms with Crippen molar-refractivity contribution in [2.75, 3.05) is 32.1 Å². The smallest absolute Gasteiger partial charge is 0.191 e. The molecule has 1 atom stereocenters. The summed E-state index contributed by atoms with van der Waals surface area (Å²) in [5.74, 6) is 2.54. The number of benzene rings is 2. The van der Waals surface area contributed by atoms with E-state index in [-0.39, 0.29) is 0 Å². The normalized spacial score (nSPS) is 15.9. The summed E-state index contributed by atoms with van der Waals surface area (Å²) in [5.41, 5.74) is 3.21. The minimum Gasteiger partial charge on any atom is -0.495 e. The van der Waals surface area contributed by atoms with E-state index < -0.39 is 0 Å². The van der Waals surface area contributed by atoms with E-state index in [0.29, 0.717) is 19.2 Å². The summed E-state index contributed by atoms with van der Waals surface area (Å²) < 4.78 is 11.3. The summed E-state index contributed by atoms with van der Waals surface area (Å²) in [7, 11) is 3.52. The number of anilines is 1. The zero-order valence-corrected chi connectivity index (χ0v) is 19.2. The van der Waals surface area contributed by atoms with Gasteiger partial charge in [0.25, 0.3) is 0 Å². The predicted molar refractivity (Wildman–Crippen MR) is 132 cm³/mol. The van der Waals surface area contributed by atoms with Gasteiger partial charge in [0.1, 0.15) is 18.1 Å². The van der Waals surface area contributed by atoms with Crippen molar-refractivity contribution in [3.8, 4) is 11.5 Å². The van der Waals surface area contributed by atoms with Gasteiger partial charge in [0.15, 0.2) is 5.96 Å². The molecular weight excluding hydrogens is 414 g/mol. The van der Waals surface area contributed by atoms with E-state index in [1.165, 1.54) is 0 Å². The fraction of sp³-hybridized carbons (Fsp3) is 0.308. The molecule has 0 spiro atoms. The molecule has 1 fully saturated rings. The number of hydrogen-bond acceptors (Lipinski definition) is 5. The topological polar surface area (TPSA) is 71.0 Å². The average Bonchev–Trinajstić information content (AvgIpc) is 3.35. The second-order valence-electron chi connectivity index (χ2n) is 7.93. The number of nitrogens with zero attached hydrogens (tertiary/aromatic N) is 3. The quantitative estimate of drug-likeness (QED) is 0.408. The molecule has 1 aliphatic rings. The van der Waals surface area contributed by atoms with Crippen molar-refractivity contribution in [1.29, 1.82) is 0 Å². The molecule has 3 aromatic rings. The second kappa shape index (κ2) is 11.2. The monoisotopic (exact) mass is 445 g/mol. The van der Waals surface area contributed by atoms with E-state index in [0.717, 1.165) is 53.9 Å². The first kappa shape index (κ1) is 22.5. The van der Waals surface area contributed by atoms with Crippen LogP contribution in [0.15, 0.2) is 77.9 Å². The van der Waals surface area contributed by atoms with Crippen LogP contribution in [0, 0.1) is 0 Å². The van der Waals surface area contributed by atoms with Gasteiger partial charge in [0.05, 0.1) is 18.5 Å². The molecule has 4 rings (SSSR count). The van der Waals surface area contributed by atoms with Crippen molar-refractivity contribution in [3.05, 3.63) is 84.2 Å². The molecule has 0 aliphatic carbocycles.